The zero-order valence-corrected chi connectivity index (χ0v) is 17.5. The second-order valence-electron chi connectivity index (χ2n) is 2.52. The van der Waals surface area contributed by atoms with Crippen molar-refractivity contribution in [2.24, 2.45) is 0 Å². The van der Waals surface area contributed by atoms with Crippen LogP contribution in [-0.2, 0) is 11.4 Å². The monoisotopic (exact) mass is 328 g/mol. The van der Waals surface area contributed by atoms with Crippen LogP contribution < -0.4 is 34.2 Å². The maximum atomic E-state index is 8.93. The summed E-state index contributed by atoms with van der Waals surface area (Å²) in [5, 5.41) is 26.8. The Morgan fingerprint density at radius 1 is 0.619 bits per heavy atom. The molecule has 0 aromatic rings. The molecule has 0 saturated carbocycles. The van der Waals surface area contributed by atoms with E-state index in [9.17, 15) is 0 Å². The quantitative estimate of drug-likeness (QED) is 0.459. The Labute approximate surface area is 164 Å². The van der Waals surface area contributed by atoms with Crippen LogP contribution in [-0.4, -0.2) is 77.8 Å². The molecule has 0 saturated heterocycles. The molecule has 0 aliphatic rings. The van der Waals surface area contributed by atoms with Crippen molar-refractivity contribution < 1.29 is 45.5 Å². The summed E-state index contributed by atoms with van der Waals surface area (Å²) in [7, 11) is 0. The predicted molar refractivity (Wildman–Crippen MR) is 78.0 cm³/mol. The van der Waals surface area contributed by atoms with Crippen LogP contribution in [0.1, 0.15) is 41.5 Å². The number of hydrogen-bond acceptors (Lipinski definition) is 6. The zero-order chi connectivity index (χ0) is 15.9. The normalized spacial score (nSPS) is 7.29. The fraction of sp³-hybridized carbons (Fsp3) is 1.00. The van der Waals surface area contributed by atoms with E-state index in [2.05, 4.69) is 0 Å². The molecule has 0 aromatic heterocycles. The molecule has 120 valence electrons. The van der Waals surface area contributed by atoms with Crippen molar-refractivity contribution in [1.82, 2.24) is 0 Å². The van der Waals surface area contributed by atoms with Crippen LogP contribution in [0, 0.1) is 0 Å². The average Bonchev–Trinajstić information content (AvgIpc) is 2.33. The van der Waals surface area contributed by atoms with Gasteiger partial charge in [-0.1, -0.05) is 20.8 Å². The van der Waals surface area contributed by atoms with Crippen LogP contribution in [0.5, 0.6) is 0 Å². The second-order valence-corrected chi connectivity index (χ2v) is 4.10. The molecular weight excluding hydrogens is 298 g/mol. The SMILES string of the molecule is CC[O-].CC[O-].CC[O-].CC[O][Al]([O]CC)[O]CC.[Li+].[Mg+2]. The summed E-state index contributed by atoms with van der Waals surface area (Å²) < 4.78 is 15.7. The van der Waals surface area contributed by atoms with E-state index in [1.54, 1.807) is 20.8 Å². The van der Waals surface area contributed by atoms with E-state index < -0.39 is 15.1 Å². The minimum absolute atomic E-state index is 0. The first-order valence-electron chi connectivity index (χ1n) is 6.68. The van der Waals surface area contributed by atoms with E-state index in [4.69, 9.17) is 26.7 Å². The minimum Gasteiger partial charge on any atom is -0.855 e. The third-order valence-corrected chi connectivity index (χ3v) is 2.72. The third-order valence-electron chi connectivity index (χ3n) is 0.908. The van der Waals surface area contributed by atoms with Crippen molar-refractivity contribution >= 4 is 38.2 Å². The van der Waals surface area contributed by atoms with E-state index in [0.717, 1.165) is 0 Å². The molecule has 0 fully saturated rings. The minimum atomic E-state index is -1.73. The molecule has 0 heterocycles. The summed E-state index contributed by atoms with van der Waals surface area (Å²) in [4.78, 5) is 0. The van der Waals surface area contributed by atoms with Gasteiger partial charge in [0.15, 0.2) is 0 Å². The van der Waals surface area contributed by atoms with Crippen LogP contribution in [0.25, 0.3) is 0 Å². The Balaban J connectivity index is -0.0000000432. The molecule has 0 amide bonds. The molecule has 0 spiro atoms. The first-order valence-corrected chi connectivity index (χ1v) is 8.10. The summed E-state index contributed by atoms with van der Waals surface area (Å²) in [6.45, 7) is 12.6. The van der Waals surface area contributed by atoms with Gasteiger partial charge in [-0.05, 0) is 20.8 Å². The van der Waals surface area contributed by atoms with Crippen LogP contribution in [0.3, 0.4) is 0 Å². The molecule has 6 nitrogen and oxygen atoms in total. The van der Waals surface area contributed by atoms with E-state index >= 15 is 0 Å². The standard InChI is InChI=1S/6C2H5O.Al.Li.Mg/c6*1-2-3;;;/h6*2H2,1H3;;;/q6*-1;+3;+1;+2. The zero-order valence-electron chi connectivity index (χ0n) is 15.0. The predicted octanol–water partition coefficient (Wildman–Crippen LogP) is -4.20. The fourth-order valence-corrected chi connectivity index (χ4v) is 1.66. The van der Waals surface area contributed by atoms with E-state index in [1.807, 2.05) is 20.8 Å². The summed E-state index contributed by atoms with van der Waals surface area (Å²) >= 11 is -1.73. The molecular formula is C12H30AlLiMgO6. The molecule has 0 aliphatic carbocycles. The largest absolute Gasteiger partial charge is 2.00 e. The van der Waals surface area contributed by atoms with E-state index in [0.29, 0.717) is 19.8 Å². The van der Waals surface area contributed by atoms with Gasteiger partial charge >= 0.3 is 57.1 Å². The Bertz CT molecular complexity index is 101. The number of hydrogen-bond donors (Lipinski definition) is 0. The molecule has 0 rings (SSSR count). The summed E-state index contributed by atoms with van der Waals surface area (Å²) in [6.07, 6.45) is 0. The molecule has 0 unspecified atom stereocenters. The molecule has 0 aliphatic heterocycles. The number of rotatable bonds is 6. The molecule has 9 heteroatoms. The fourth-order valence-electron chi connectivity index (χ4n) is 0.553. The van der Waals surface area contributed by atoms with Crippen LogP contribution >= 0.6 is 0 Å². The van der Waals surface area contributed by atoms with Crippen LogP contribution in [0.15, 0.2) is 0 Å². The van der Waals surface area contributed by atoms with Gasteiger partial charge in [0, 0.05) is 19.8 Å². The van der Waals surface area contributed by atoms with Gasteiger partial charge in [0.1, 0.15) is 0 Å². The van der Waals surface area contributed by atoms with Crippen LogP contribution in [0.4, 0.5) is 0 Å². The van der Waals surface area contributed by atoms with Gasteiger partial charge in [-0.2, -0.15) is 0 Å². The Morgan fingerprint density at radius 2 is 0.762 bits per heavy atom. The first-order chi connectivity index (χ1) is 9.09. The van der Waals surface area contributed by atoms with Crippen molar-refractivity contribution in [1.29, 1.82) is 0 Å². The van der Waals surface area contributed by atoms with Crippen molar-refractivity contribution in [3.63, 3.8) is 0 Å². The van der Waals surface area contributed by atoms with Gasteiger partial charge in [-0.15, -0.1) is 19.8 Å². The van der Waals surface area contributed by atoms with Crippen molar-refractivity contribution in [2.75, 3.05) is 39.6 Å². The van der Waals surface area contributed by atoms with Gasteiger partial charge < -0.3 is 26.7 Å². The topological polar surface area (TPSA) is 96.9 Å². The Morgan fingerprint density at radius 3 is 0.857 bits per heavy atom. The van der Waals surface area contributed by atoms with Crippen molar-refractivity contribution in [3.05, 3.63) is 0 Å². The van der Waals surface area contributed by atoms with Crippen LogP contribution in [0.2, 0.25) is 0 Å². The second kappa shape index (κ2) is 49.5. The van der Waals surface area contributed by atoms with E-state index in [-0.39, 0.29) is 61.7 Å². The molecule has 21 heavy (non-hydrogen) atoms. The maximum absolute atomic E-state index is 8.93. The Hall–Kier alpha value is 1.66. The summed E-state index contributed by atoms with van der Waals surface area (Å²) in [5.74, 6) is 0. The molecule has 0 atom stereocenters. The van der Waals surface area contributed by atoms with Gasteiger partial charge in [-0.25, -0.2) is 0 Å². The van der Waals surface area contributed by atoms with Gasteiger partial charge in [0.2, 0.25) is 0 Å². The van der Waals surface area contributed by atoms with E-state index in [1.165, 1.54) is 0 Å². The average molecular weight is 329 g/mol. The van der Waals surface area contributed by atoms with Gasteiger partial charge in [0.05, 0.1) is 0 Å². The Kier molecular flexibility index (Phi) is 90.4. The summed E-state index contributed by atoms with van der Waals surface area (Å²) in [5.41, 5.74) is 0. The molecule has 0 bridgehead atoms. The van der Waals surface area contributed by atoms with Crippen molar-refractivity contribution in [2.45, 2.75) is 41.5 Å². The van der Waals surface area contributed by atoms with Crippen molar-refractivity contribution in [3.8, 4) is 0 Å². The first kappa shape index (κ1) is 38.3. The summed E-state index contributed by atoms with van der Waals surface area (Å²) in [6, 6.07) is 0. The smallest absolute Gasteiger partial charge is 0.855 e. The molecule has 0 aromatic carbocycles. The third kappa shape index (κ3) is 73.7. The maximum Gasteiger partial charge on any atom is 2.00 e. The van der Waals surface area contributed by atoms with Gasteiger partial charge in [-0.3, -0.25) is 0 Å². The van der Waals surface area contributed by atoms with Gasteiger partial charge in [0.25, 0.3) is 0 Å². The molecule has 0 N–H and O–H groups in total. The molecule has 0 radical (unpaired) electrons.